The monoisotopic (exact) mass is 399 g/mol. The van der Waals surface area contributed by atoms with Crippen LogP contribution in [0.15, 0.2) is 72.1 Å². The third-order valence-corrected chi connectivity index (χ3v) is 7.62. The van der Waals surface area contributed by atoms with Crippen LogP contribution in [0.1, 0.15) is 36.3 Å². The van der Waals surface area contributed by atoms with Crippen molar-refractivity contribution in [1.29, 1.82) is 0 Å². The van der Waals surface area contributed by atoms with Gasteiger partial charge in [-0.2, -0.15) is 4.31 Å². The predicted octanol–water partition coefficient (Wildman–Crippen LogP) is 4.12. The van der Waals surface area contributed by atoms with Crippen LogP contribution in [0.25, 0.3) is 0 Å². The molecule has 5 heteroatoms. The van der Waals surface area contributed by atoms with E-state index in [0.717, 1.165) is 17.5 Å². The molecular weight excluding hydrogens is 370 g/mol. The Bertz CT molecular complexity index is 878. The molecule has 0 bridgehead atoms. The summed E-state index contributed by atoms with van der Waals surface area (Å²) in [5.74, 6) is 0.255. The number of rotatable bonds is 8. The van der Waals surface area contributed by atoms with Crippen LogP contribution in [0, 0.1) is 12.8 Å². The van der Waals surface area contributed by atoms with Crippen LogP contribution in [0.4, 0.5) is 0 Å². The number of hydrogen-bond donors (Lipinski definition) is 1. The zero-order valence-electron chi connectivity index (χ0n) is 16.4. The summed E-state index contributed by atoms with van der Waals surface area (Å²) in [6, 6.07) is 17.0. The van der Waals surface area contributed by atoms with E-state index in [2.05, 4.69) is 18.7 Å². The number of aliphatic hydroxyl groups excluding tert-OH is 1. The first kappa shape index (κ1) is 20.8. The third-order valence-electron chi connectivity index (χ3n) is 5.72. The standard InChI is InChI=1S/C23H29NO3S/c1-3-8-23-21(11-7-16-25)22(19-9-5-4-6-10-19)17-24(23)28(26,27)20-14-12-18(2)13-15-20/h3-6,9-10,12-15,21-23,25H,1,7-8,11,16-17H2,2H3/t21-,22-,23-/m0/s1. The number of hydrogen-bond acceptors (Lipinski definition) is 3. The molecule has 1 aliphatic rings. The smallest absolute Gasteiger partial charge is 0.243 e. The van der Waals surface area contributed by atoms with Crippen LogP contribution >= 0.6 is 0 Å². The van der Waals surface area contributed by atoms with Crippen molar-refractivity contribution in [3.8, 4) is 0 Å². The van der Waals surface area contributed by atoms with Gasteiger partial charge >= 0.3 is 0 Å². The number of sulfonamides is 1. The fourth-order valence-corrected chi connectivity index (χ4v) is 6.01. The Balaban J connectivity index is 2.01. The van der Waals surface area contributed by atoms with Gasteiger partial charge in [-0.3, -0.25) is 0 Å². The van der Waals surface area contributed by atoms with E-state index >= 15 is 0 Å². The Morgan fingerprint density at radius 3 is 2.43 bits per heavy atom. The largest absolute Gasteiger partial charge is 0.396 e. The van der Waals surface area contributed by atoms with Crippen LogP contribution in [0.5, 0.6) is 0 Å². The molecule has 3 atom stereocenters. The summed E-state index contributed by atoms with van der Waals surface area (Å²) in [4.78, 5) is 0.335. The van der Waals surface area contributed by atoms with E-state index < -0.39 is 10.0 Å². The molecule has 1 fully saturated rings. The molecule has 1 heterocycles. The van der Waals surface area contributed by atoms with Crippen molar-refractivity contribution in [3.05, 3.63) is 78.4 Å². The normalized spacial score (nSPS) is 23.0. The van der Waals surface area contributed by atoms with Crippen LogP contribution in [-0.4, -0.2) is 37.0 Å². The summed E-state index contributed by atoms with van der Waals surface area (Å²) in [6.07, 6.45) is 3.86. The van der Waals surface area contributed by atoms with Gasteiger partial charge in [-0.15, -0.1) is 6.58 Å². The highest BCUT2D eigenvalue weighted by Gasteiger charge is 2.46. The maximum atomic E-state index is 13.5. The lowest BCUT2D eigenvalue weighted by atomic mass is 9.81. The van der Waals surface area contributed by atoms with Gasteiger partial charge in [0.15, 0.2) is 0 Å². The minimum absolute atomic E-state index is 0.109. The molecule has 0 radical (unpaired) electrons. The van der Waals surface area contributed by atoms with Crippen molar-refractivity contribution < 1.29 is 13.5 Å². The molecule has 1 N–H and O–H groups in total. The highest BCUT2D eigenvalue weighted by atomic mass is 32.2. The zero-order valence-corrected chi connectivity index (χ0v) is 17.2. The molecule has 0 spiro atoms. The van der Waals surface area contributed by atoms with Crippen molar-refractivity contribution in [2.24, 2.45) is 5.92 Å². The molecule has 28 heavy (non-hydrogen) atoms. The van der Waals surface area contributed by atoms with E-state index in [4.69, 9.17) is 0 Å². The van der Waals surface area contributed by atoms with Crippen molar-refractivity contribution in [3.63, 3.8) is 0 Å². The molecule has 0 unspecified atom stereocenters. The Morgan fingerprint density at radius 2 is 1.82 bits per heavy atom. The average Bonchev–Trinajstić information content (AvgIpc) is 3.07. The van der Waals surface area contributed by atoms with Crippen LogP contribution in [0.3, 0.4) is 0 Å². The Hall–Kier alpha value is -1.95. The highest BCUT2D eigenvalue weighted by molar-refractivity contribution is 7.89. The van der Waals surface area contributed by atoms with Gasteiger partial charge in [0.2, 0.25) is 10.0 Å². The van der Waals surface area contributed by atoms with E-state index in [-0.39, 0.29) is 24.5 Å². The van der Waals surface area contributed by atoms with Gasteiger partial charge in [-0.25, -0.2) is 8.42 Å². The first-order valence-electron chi connectivity index (χ1n) is 9.84. The average molecular weight is 400 g/mol. The number of aliphatic hydroxyl groups is 1. The summed E-state index contributed by atoms with van der Waals surface area (Å²) in [5, 5.41) is 9.38. The van der Waals surface area contributed by atoms with Gasteiger partial charge < -0.3 is 5.11 Å². The van der Waals surface area contributed by atoms with Crippen molar-refractivity contribution >= 4 is 10.0 Å². The van der Waals surface area contributed by atoms with Crippen LogP contribution in [0.2, 0.25) is 0 Å². The molecule has 150 valence electrons. The first-order chi connectivity index (χ1) is 13.5. The van der Waals surface area contributed by atoms with Gasteiger partial charge in [0.25, 0.3) is 0 Å². The third kappa shape index (κ3) is 4.22. The second kappa shape index (κ2) is 9.03. The molecule has 2 aromatic rings. The minimum atomic E-state index is -3.60. The van der Waals surface area contributed by atoms with E-state index in [1.807, 2.05) is 43.3 Å². The van der Waals surface area contributed by atoms with Crippen molar-refractivity contribution in [2.75, 3.05) is 13.2 Å². The lowest BCUT2D eigenvalue weighted by Crippen LogP contribution is -2.37. The molecule has 2 aromatic carbocycles. The summed E-state index contributed by atoms with van der Waals surface area (Å²) in [5.41, 5.74) is 2.19. The predicted molar refractivity (Wildman–Crippen MR) is 113 cm³/mol. The number of aryl methyl sites for hydroxylation is 1. The van der Waals surface area contributed by atoms with Crippen LogP contribution in [-0.2, 0) is 10.0 Å². The molecular formula is C23H29NO3S. The number of nitrogens with zero attached hydrogens (tertiary/aromatic N) is 1. The highest BCUT2D eigenvalue weighted by Crippen LogP contribution is 2.43. The Labute approximate surface area is 168 Å². The number of benzene rings is 2. The fourth-order valence-electron chi connectivity index (χ4n) is 4.30. The van der Waals surface area contributed by atoms with Gasteiger partial charge in [0.1, 0.15) is 0 Å². The second-order valence-corrected chi connectivity index (χ2v) is 9.42. The molecule has 1 aliphatic heterocycles. The zero-order chi connectivity index (χ0) is 20.1. The summed E-state index contributed by atoms with van der Waals surface area (Å²) < 4.78 is 28.6. The van der Waals surface area contributed by atoms with Gasteiger partial charge in [-0.1, -0.05) is 54.1 Å². The van der Waals surface area contributed by atoms with Crippen molar-refractivity contribution in [1.82, 2.24) is 4.31 Å². The first-order valence-corrected chi connectivity index (χ1v) is 11.3. The summed E-state index contributed by atoms with van der Waals surface area (Å²) in [6.45, 7) is 6.38. The Kier molecular flexibility index (Phi) is 6.70. The maximum absolute atomic E-state index is 13.5. The van der Waals surface area contributed by atoms with Crippen molar-refractivity contribution in [2.45, 2.75) is 43.0 Å². The Morgan fingerprint density at radius 1 is 1.14 bits per heavy atom. The van der Waals surface area contributed by atoms with E-state index in [0.29, 0.717) is 24.3 Å². The minimum Gasteiger partial charge on any atom is -0.396 e. The second-order valence-electron chi connectivity index (χ2n) is 7.53. The van der Waals surface area contributed by atoms with E-state index in [1.54, 1.807) is 16.4 Å². The SMILES string of the molecule is C=CC[C@H]1[C@@H](CCCO)[C@H](c2ccccc2)CN1S(=O)(=O)c1ccc(C)cc1. The topological polar surface area (TPSA) is 57.6 Å². The van der Waals surface area contributed by atoms with Crippen LogP contribution < -0.4 is 0 Å². The van der Waals surface area contributed by atoms with E-state index in [9.17, 15) is 13.5 Å². The van der Waals surface area contributed by atoms with Gasteiger partial charge in [0, 0.05) is 25.1 Å². The van der Waals surface area contributed by atoms with Gasteiger partial charge in [0.05, 0.1) is 4.90 Å². The fraction of sp³-hybridized carbons (Fsp3) is 0.391. The molecule has 3 rings (SSSR count). The van der Waals surface area contributed by atoms with Gasteiger partial charge in [-0.05, 0) is 49.8 Å². The summed E-state index contributed by atoms with van der Waals surface area (Å²) in [7, 11) is -3.60. The maximum Gasteiger partial charge on any atom is 0.243 e. The summed E-state index contributed by atoms with van der Waals surface area (Å²) >= 11 is 0. The molecule has 0 aromatic heterocycles. The van der Waals surface area contributed by atoms with E-state index in [1.165, 1.54) is 0 Å². The molecule has 4 nitrogen and oxygen atoms in total. The lowest BCUT2D eigenvalue weighted by Gasteiger charge is -2.27. The quantitative estimate of drug-likeness (QED) is 0.680. The molecule has 0 saturated carbocycles. The molecule has 1 saturated heterocycles. The lowest BCUT2D eigenvalue weighted by molar-refractivity contribution is 0.253. The molecule has 0 amide bonds. The molecule has 0 aliphatic carbocycles.